The molecule has 0 aliphatic rings. The van der Waals surface area contributed by atoms with Gasteiger partial charge in [0.25, 0.3) is 0 Å². The van der Waals surface area contributed by atoms with E-state index in [9.17, 15) is 5.11 Å². The van der Waals surface area contributed by atoms with Crippen LogP contribution in [-0.4, -0.2) is 5.11 Å². The number of nitrogens with zero attached hydrogens (tertiary/aromatic N) is 2. The first kappa shape index (κ1) is 24.5. The fraction of sp³-hybridized carbons (Fsp3) is 0.0909. The fourth-order valence-electron chi connectivity index (χ4n) is 4.51. The second-order valence-corrected chi connectivity index (χ2v) is 9.92. The van der Waals surface area contributed by atoms with E-state index in [1.807, 2.05) is 6.07 Å². The van der Waals surface area contributed by atoms with E-state index in [1.54, 1.807) is 12.1 Å². The molecule has 0 saturated carbocycles. The Morgan fingerprint density at radius 1 is 0.459 bits per heavy atom. The van der Waals surface area contributed by atoms with Crippen molar-refractivity contribution in [1.82, 2.24) is 0 Å². The zero-order valence-electron chi connectivity index (χ0n) is 21.3. The van der Waals surface area contributed by atoms with Gasteiger partial charge in [0.2, 0.25) is 0 Å². The molecule has 1 N–H and O–H groups in total. The highest BCUT2D eigenvalue weighted by atomic mass is 32.1. The summed E-state index contributed by atoms with van der Waals surface area (Å²) in [6.45, 7) is 6.30. The second kappa shape index (κ2) is 10.5. The quantitative estimate of drug-likeness (QED) is 0.226. The van der Waals surface area contributed by atoms with Crippen LogP contribution in [0.4, 0.5) is 34.1 Å². The summed E-state index contributed by atoms with van der Waals surface area (Å²) < 4.78 is 0. The number of hydrogen-bond acceptors (Lipinski definition) is 4. The highest BCUT2D eigenvalue weighted by Crippen LogP contribution is 2.40. The summed E-state index contributed by atoms with van der Waals surface area (Å²) in [6.07, 6.45) is 0. The molecule has 0 aromatic heterocycles. The minimum atomic E-state index is 0.182. The van der Waals surface area contributed by atoms with Gasteiger partial charge in [-0.15, -0.1) is 12.6 Å². The molecule has 0 unspecified atom stereocenters. The lowest BCUT2D eigenvalue weighted by Crippen LogP contribution is -2.12. The Morgan fingerprint density at radius 2 is 0.919 bits per heavy atom. The van der Waals surface area contributed by atoms with Crippen LogP contribution in [0.15, 0.2) is 120 Å². The summed E-state index contributed by atoms with van der Waals surface area (Å²) in [6, 6.07) is 39.4. The minimum Gasteiger partial charge on any atom is -0.508 e. The van der Waals surface area contributed by atoms with E-state index in [-0.39, 0.29) is 5.75 Å². The van der Waals surface area contributed by atoms with Crippen molar-refractivity contribution in [1.29, 1.82) is 0 Å². The van der Waals surface area contributed by atoms with Crippen LogP contribution in [0.3, 0.4) is 0 Å². The Kier molecular flexibility index (Phi) is 6.93. The molecule has 0 aliphatic heterocycles. The maximum absolute atomic E-state index is 10.3. The molecule has 5 aromatic carbocycles. The van der Waals surface area contributed by atoms with Gasteiger partial charge >= 0.3 is 0 Å². The number of rotatable bonds is 6. The predicted molar refractivity (Wildman–Crippen MR) is 159 cm³/mol. The number of benzene rings is 5. The van der Waals surface area contributed by atoms with Gasteiger partial charge in [0.05, 0.1) is 5.69 Å². The van der Waals surface area contributed by atoms with Gasteiger partial charge in [0.15, 0.2) is 0 Å². The van der Waals surface area contributed by atoms with Crippen molar-refractivity contribution in [3.8, 4) is 5.75 Å². The van der Waals surface area contributed by atoms with Crippen LogP contribution in [0.5, 0.6) is 5.75 Å². The van der Waals surface area contributed by atoms with Crippen molar-refractivity contribution in [3.05, 3.63) is 132 Å². The summed E-state index contributed by atoms with van der Waals surface area (Å²) in [5.41, 5.74) is 9.74. The van der Waals surface area contributed by atoms with Crippen molar-refractivity contribution >= 4 is 46.8 Å². The van der Waals surface area contributed by atoms with Crippen molar-refractivity contribution in [2.45, 2.75) is 25.7 Å². The SMILES string of the molecule is Cc1ccc(N(c2ccc(N(c3ccc(C)cc3)c3cc(O)cc(S)c3)cc2)c2cccc(C)c2)cc1. The first-order valence-electron chi connectivity index (χ1n) is 12.3. The highest BCUT2D eigenvalue weighted by Gasteiger charge is 2.17. The van der Waals surface area contributed by atoms with E-state index in [0.717, 1.165) is 34.1 Å². The van der Waals surface area contributed by atoms with Crippen LogP contribution in [0, 0.1) is 20.8 Å². The number of thiol groups is 1. The van der Waals surface area contributed by atoms with Gasteiger partial charge in [-0.1, -0.05) is 47.5 Å². The number of phenolic OH excluding ortho intramolecular Hbond substituents is 1. The Balaban J connectivity index is 1.60. The minimum absolute atomic E-state index is 0.182. The van der Waals surface area contributed by atoms with Crippen molar-refractivity contribution in [2.24, 2.45) is 0 Å². The lowest BCUT2D eigenvalue weighted by Gasteiger charge is -2.28. The average Bonchev–Trinajstić information content (AvgIpc) is 2.87. The van der Waals surface area contributed by atoms with E-state index in [1.165, 1.54) is 16.7 Å². The van der Waals surface area contributed by atoms with E-state index in [0.29, 0.717) is 4.90 Å². The predicted octanol–water partition coefficient (Wildman–Crippen LogP) is 9.55. The maximum atomic E-state index is 10.3. The zero-order chi connectivity index (χ0) is 25.9. The number of hydrogen-bond donors (Lipinski definition) is 2. The van der Waals surface area contributed by atoms with Gasteiger partial charge in [-0.2, -0.15) is 0 Å². The summed E-state index contributed by atoms with van der Waals surface area (Å²) in [4.78, 5) is 5.10. The molecule has 0 amide bonds. The Morgan fingerprint density at radius 3 is 1.38 bits per heavy atom. The van der Waals surface area contributed by atoms with Gasteiger partial charge in [-0.3, -0.25) is 0 Å². The van der Waals surface area contributed by atoms with Gasteiger partial charge in [-0.25, -0.2) is 0 Å². The standard InChI is InChI=1S/C33H30N2OS/c1-23-7-11-26(12-8-23)34(30-6-4-5-25(3)19-30)28-15-17-29(18-16-28)35(27-13-9-24(2)10-14-27)31-20-32(36)22-33(37)21-31/h4-22,36-37H,1-3H3. The zero-order valence-corrected chi connectivity index (χ0v) is 22.2. The molecule has 5 rings (SSSR count). The van der Waals surface area contributed by atoms with Gasteiger partial charge in [0.1, 0.15) is 5.75 Å². The van der Waals surface area contributed by atoms with Crippen LogP contribution in [-0.2, 0) is 0 Å². The molecule has 37 heavy (non-hydrogen) atoms. The Bertz CT molecular complexity index is 1490. The van der Waals surface area contributed by atoms with E-state index in [2.05, 4.69) is 140 Å². The van der Waals surface area contributed by atoms with Crippen molar-refractivity contribution in [3.63, 3.8) is 0 Å². The summed E-state index contributed by atoms with van der Waals surface area (Å²) in [5, 5.41) is 10.3. The molecular weight excluding hydrogens is 472 g/mol. The van der Waals surface area contributed by atoms with E-state index >= 15 is 0 Å². The van der Waals surface area contributed by atoms with Crippen LogP contribution >= 0.6 is 12.6 Å². The molecule has 0 fully saturated rings. The van der Waals surface area contributed by atoms with Crippen LogP contribution < -0.4 is 9.80 Å². The third kappa shape index (κ3) is 5.50. The van der Waals surface area contributed by atoms with E-state index < -0.39 is 0 Å². The fourth-order valence-corrected chi connectivity index (χ4v) is 4.77. The van der Waals surface area contributed by atoms with Crippen molar-refractivity contribution < 1.29 is 5.11 Å². The smallest absolute Gasteiger partial charge is 0.118 e. The topological polar surface area (TPSA) is 26.7 Å². The molecule has 0 atom stereocenters. The summed E-state index contributed by atoms with van der Waals surface area (Å²) in [7, 11) is 0. The molecule has 0 aliphatic carbocycles. The van der Waals surface area contributed by atoms with Crippen molar-refractivity contribution in [2.75, 3.05) is 9.80 Å². The maximum Gasteiger partial charge on any atom is 0.118 e. The Hall–Kier alpha value is -4.15. The molecule has 0 saturated heterocycles. The molecule has 3 nitrogen and oxygen atoms in total. The Labute approximate surface area is 224 Å². The first-order chi connectivity index (χ1) is 17.9. The molecule has 0 spiro atoms. The molecule has 0 radical (unpaired) electrons. The summed E-state index contributed by atoms with van der Waals surface area (Å²) >= 11 is 4.51. The lowest BCUT2D eigenvalue weighted by atomic mass is 10.1. The van der Waals surface area contributed by atoms with Gasteiger partial charge < -0.3 is 14.9 Å². The number of anilines is 6. The molecule has 0 bridgehead atoms. The highest BCUT2D eigenvalue weighted by molar-refractivity contribution is 7.80. The van der Waals surface area contributed by atoms with Gasteiger partial charge in [-0.05, 0) is 99.1 Å². The molecule has 184 valence electrons. The molecular formula is C33H30N2OS. The molecule has 4 heteroatoms. The second-order valence-electron chi connectivity index (χ2n) is 9.40. The largest absolute Gasteiger partial charge is 0.508 e. The first-order valence-corrected chi connectivity index (χ1v) is 12.8. The van der Waals surface area contributed by atoms with Gasteiger partial charge in [0, 0.05) is 39.4 Å². The summed E-state index contributed by atoms with van der Waals surface area (Å²) in [5.74, 6) is 0.182. The van der Waals surface area contributed by atoms with Crippen LogP contribution in [0.1, 0.15) is 16.7 Å². The number of phenols is 1. The third-order valence-electron chi connectivity index (χ3n) is 6.36. The normalized spacial score (nSPS) is 10.8. The monoisotopic (exact) mass is 502 g/mol. The van der Waals surface area contributed by atoms with Crippen LogP contribution in [0.2, 0.25) is 0 Å². The lowest BCUT2D eigenvalue weighted by molar-refractivity contribution is 0.474. The number of aryl methyl sites for hydroxylation is 3. The molecule has 5 aromatic rings. The number of aromatic hydroxyl groups is 1. The van der Waals surface area contributed by atoms with E-state index in [4.69, 9.17) is 0 Å². The molecule has 0 heterocycles. The van der Waals surface area contributed by atoms with Crippen LogP contribution in [0.25, 0.3) is 0 Å². The average molecular weight is 503 g/mol. The third-order valence-corrected chi connectivity index (χ3v) is 6.61.